The number of rotatable bonds is 1. The Morgan fingerprint density at radius 3 is 3.25 bits per heavy atom. The van der Waals surface area contributed by atoms with E-state index < -0.39 is 6.23 Å². The van der Waals surface area contributed by atoms with Crippen molar-refractivity contribution in [2.45, 2.75) is 6.23 Å². The topological polar surface area (TPSA) is 64.2 Å². The maximum atomic E-state index is 9.87. The van der Waals surface area contributed by atoms with E-state index in [-0.39, 0.29) is 0 Å². The van der Waals surface area contributed by atoms with Gasteiger partial charge in [-0.2, -0.15) is 0 Å². The molecule has 2 aromatic heterocycles. The van der Waals surface area contributed by atoms with E-state index in [1.165, 1.54) is 0 Å². The summed E-state index contributed by atoms with van der Waals surface area (Å²) in [6.45, 7) is 2.29. The molecule has 16 heavy (non-hydrogen) atoms. The summed E-state index contributed by atoms with van der Waals surface area (Å²) in [5, 5.41) is 14.1. The predicted molar refractivity (Wildman–Crippen MR) is 62.3 cm³/mol. The Morgan fingerprint density at radius 1 is 1.50 bits per heavy atom. The lowest BCUT2D eigenvalue weighted by molar-refractivity contribution is 0.151. The first kappa shape index (κ1) is 9.62. The van der Waals surface area contributed by atoms with Crippen molar-refractivity contribution >= 4 is 16.9 Å². The number of piperazine rings is 1. The highest BCUT2D eigenvalue weighted by atomic mass is 16.3. The van der Waals surface area contributed by atoms with Crippen LogP contribution in [0.25, 0.3) is 11.0 Å². The molecule has 3 heterocycles. The number of hydrogen-bond acceptors (Lipinski definition) is 4. The third-order valence-corrected chi connectivity index (χ3v) is 2.90. The number of aliphatic hydroxyl groups excluding tert-OH is 1. The zero-order valence-corrected chi connectivity index (χ0v) is 8.85. The van der Waals surface area contributed by atoms with Gasteiger partial charge in [-0.05, 0) is 18.2 Å². The quantitative estimate of drug-likeness (QED) is 0.644. The summed E-state index contributed by atoms with van der Waals surface area (Å²) in [5.74, 6) is 0.933. The van der Waals surface area contributed by atoms with Gasteiger partial charge in [0.05, 0.1) is 0 Å². The average molecular weight is 218 g/mol. The Kier molecular flexibility index (Phi) is 2.27. The molecule has 84 valence electrons. The van der Waals surface area contributed by atoms with E-state index in [1.54, 1.807) is 6.20 Å². The van der Waals surface area contributed by atoms with Gasteiger partial charge >= 0.3 is 0 Å². The number of aromatic amines is 1. The summed E-state index contributed by atoms with van der Waals surface area (Å²) >= 11 is 0. The van der Waals surface area contributed by atoms with Crippen LogP contribution in [-0.2, 0) is 0 Å². The molecule has 1 saturated heterocycles. The molecule has 5 heteroatoms. The van der Waals surface area contributed by atoms with Gasteiger partial charge in [-0.15, -0.1) is 0 Å². The molecule has 0 aromatic carbocycles. The van der Waals surface area contributed by atoms with Crippen LogP contribution < -0.4 is 10.2 Å². The SMILES string of the molecule is OC1CNCCN1c1cc2cccnc2[nH]1. The Morgan fingerprint density at radius 2 is 2.44 bits per heavy atom. The third kappa shape index (κ3) is 1.54. The summed E-state index contributed by atoms with van der Waals surface area (Å²) in [5.41, 5.74) is 0.864. The average Bonchev–Trinajstić information content (AvgIpc) is 2.73. The molecule has 0 radical (unpaired) electrons. The second kappa shape index (κ2) is 3.77. The maximum absolute atomic E-state index is 9.87. The molecular formula is C11H14N4O. The van der Waals surface area contributed by atoms with E-state index in [1.807, 2.05) is 23.1 Å². The molecule has 3 N–H and O–H groups in total. The lowest BCUT2D eigenvalue weighted by Crippen LogP contribution is -2.51. The highest BCUT2D eigenvalue weighted by Gasteiger charge is 2.21. The maximum Gasteiger partial charge on any atom is 0.140 e. The predicted octanol–water partition coefficient (Wildman–Crippen LogP) is 0.291. The van der Waals surface area contributed by atoms with E-state index in [0.717, 1.165) is 29.9 Å². The molecule has 5 nitrogen and oxygen atoms in total. The smallest absolute Gasteiger partial charge is 0.140 e. The minimum Gasteiger partial charge on any atom is -0.372 e. The molecular weight excluding hydrogens is 204 g/mol. The number of pyridine rings is 1. The number of fused-ring (bicyclic) bond motifs is 1. The molecule has 1 atom stereocenters. The summed E-state index contributed by atoms with van der Waals surface area (Å²) in [4.78, 5) is 9.42. The number of aromatic nitrogens is 2. The van der Waals surface area contributed by atoms with Gasteiger partial charge in [0.25, 0.3) is 0 Å². The molecule has 1 aliphatic rings. The number of nitrogens with one attached hydrogen (secondary N) is 2. The highest BCUT2D eigenvalue weighted by molar-refractivity contribution is 5.80. The Bertz CT molecular complexity index is 462. The number of H-pyrrole nitrogens is 1. The lowest BCUT2D eigenvalue weighted by atomic mass is 10.3. The largest absolute Gasteiger partial charge is 0.372 e. The Labute approximate surface area is 93.1 Å². The second-order valence-corrected chi connectivity index (χ2v) is 3.97. The second-order valence-electron chi connectivity index (χ2n) is 3.97. The van der Waals surface area contributed by atoms with Crippen LogP contribution in [-0.4, -0.2) is 40.9 Å². The first-order valence-electron chi connectivity index (χ1n) is 5.44. The van der Waals surface area contributed by atoms with Gasteiger partial charge in [-0.25, -0.2) is 4.98 Å². The number of nitrogens with zero attached hydrogens (tertiary/aromatic N) is 2. The van der Waals surface area contributed by atoms with Crippen molar-refractivity contribution in [2.24, 2.45) is 0 Å². The fourth-order valence-corrected chi connectivity index (χ4v) is 2.07. The zero-order valence-electron chi connectivity index (χ0n) is 8.85. The van der Waals surface area contributed by atoms with Crippen molar-refractivity contribution in [3.8, 4) is 0 Å². The highest BCUT2D eigenvalue weighted by Crippen LogP contribution is 2.21. The van der Waals surface area contributed by atoms with Crippen LogP contribution >= 0.6 is 0 Å². The molecule has 1 unspecified atom stereocenters. The van der Waals surface area contributed by atoms with Crippen molar-refractivity contribution < 1.29 is 5.11 Å². The van der Waals surface area contributed by atoms with Crippen LogP contribution in [0.3, 0.4) is 0 Å². The van der Waals surface area contributed by atoms with Crippen molar-refractivity contribution in [3.05, 3.63) is 24.4 Å². The first-order valence-corrected chi connectivity index (χ1v) is 5.44. The van der Waals surface area contributed by atoms with Crippen molar-refractivity contribution in [3.63, 3.8) is 0 Å². The summed E-state index contributed by atoms with van der Waals surface area (Å²) in [6.07, 6.45) is 1.29. The van der Waals surface area contributed by atoms with Gasteiger partial charge in [0, 0.05) is 31.2 Å². The van der Waals surface area contributed by atoms with Gasteiger partial charge in [0.15, 0.2) is 0 Å². The van der Waals surface area contributed by atoms with Crippen LogP contribution in [0.2, 0.25) is 0 Å². The van der Waals surface area contributed by atoms with E-state index in [4.69, 9.17) is 0 Å². The first-order chi connectivity index (χ1) is 7.84. The molecule has 0 spiro atoms. The van der Waals surface area contributed by atoms with E-state index in [2.05, 4.69) is 15.3 Å². The van der Waals surface area contributed by atoms with Gasteiger partial charge in [-0.3, -0.25) is 0 Å². The van der Waals surface area contributed by atoms with Crippen LogP contribution in [0.4, 0.5) is 5.82 Å². The van der Waals surface area contributed by atoms with Gasteiger partial charge in [0.1, 0.15) is 17.7 Å². The normalized spacial score (nSPS) is 21.6. The van der Waals surface area contributed by atoms with E-state index in [9.17, 15) is 5.11 Å². The van der Waals surface area contributed by atoms with Crippen LogP contribution in [0.1, 0.15) is 0 Å². The fraction of sp³-hybridized carbons (Fsp3) is 0.364. The summed E-state index contributed by atoms with van der Waals surface area (Å²) < 4.78 is 0. The van der Waals surface area contributed by atoms with Gasteiger partial charge < -0.3 is 20.3 Å². The Balaban J connectivity index is 1.98. The van der Waals surface area contributed by atoms with Crippen molar-refractivity contribution in [2.75, 3.05) is 24.5 Å². The molecule has 0 aliphatic carbocycles. The monoisotopic (exact) mass is 218 g/mol. The number of hydrogen-bond donors (Lipinski definition) is 3. The number of anilines is 1. The molecule has 0 saturated carbocycles. The molecule has 0 bridgehead atoms. The molecule has 1 fully saturated rings. The minimum absolute atomic E-state index is 0.471. The number of β-amino-alcohol motifs (C(OH)–C–C–N with tert-alkyl or cyclic N) is 1. The fourth-order valence-electron chi connectivity index (χ4n) is 2.07. The molecule has 1 aliphatic heterocycles. The summed E-state index contributed by atoms with van der Waals surface area (Å²) in [6, 6.07) is 5.95. The van der Waals surface area contributed by atoms with E-state index >= 15 is 0 Å². The van der Waals surface area contributed by atoms with Crippen LogP contribution in [0.5, 0.6) is 0 Å². The lowest BCUT2D eigenvalue weighted by Gasteiger charge is -2.33. The van der Waals surface area contributed by atoms with E-state index in [0.29, 0.717) is 6.54 Å². The molecule has 0 amide bonds. The van der Waals surface area contributed by atoms with Crippen LogP contribution in [0.15, 0.2) is 24.4 Å². The number of aliphatic hydroxyl groups is 1. The van der Waals surface area contributed by atoms with Crippen LogP contribution in [0, 0.1) is 0 Å². The van der Waals surface area contributed by atoms with Gasteiger partial charge in [-0.1, -0.05) is 0 Å². The molecule has 2 aromatic rings. The van der Waals surface area contributed by atoms with Crippen molar-refractivity contribution in [1.82, 2.24) is 15.3 Å². The van der Waals surface area contributed by atoms with Crippen molar-refractivity contribution in [1.29, 1.82) is 0 Å². The molecule has 3 rings (SSSR count). The Hall–Kier alpha value is -1.59. The summed E-state index contributed by atoms with van der Waals surface area (Å²) in [7, 11) is 0. The minimum atomic E-state index is -0.471. The zero-order chi connectivity index (χ0) is 11.0. The standard InChI is InChI=1S/C11H14N4O/c16-10-7-12-4-5-15(10)9-6-8-2-1-3-13-11(8)14-9/h1-3,6,10,12,16H,4-5,7H2,(H,13,14). The third-order valence-electron chi connectivity index (χ3n) is 2.90. The van der Waals surface area contributed by atoms with Gasteiger partial charge in [0.2, 0.25) is 0 Å².